The topological polar surface area (TPSA) is 71.3 Å². The zero-order valence-electron chi connectivity index (χ0n) is 12.8. The van der Waals surface area contributed by atoms with E-state index >= 15 is 0 Å². The Balaban J connectivity index is 1.41. The number of carbonyl (C=O) groups excluding carboxylic acids is 2. The molecule has 5 nitrogen and oxygen atoms in total. The van der Waals surface area contributed by atoms with E-state index in [4.69, 9.17) is 4.42 Å². The molecular weight excluding hydrogens is 280 g/mol. The van der Waals surface area contributed by atoms with Crippen LogP contribution in [0, 0.1) is 11.8 Å². The summed E-state index contributed by atoms with van der Waals surface area (Å²) in [6.07, 6.45) is 10.2. The maximum absolute atomic E-state index is 12.0. The van der Waals surface area contributed by atoms with Crippen LogP contribution >= 0.6 is 0 Å². The largest absolute Gasteiger partial charge is 0.459 e. The lowest BCUT2D eigenvalue weighted by atomic mass is 9.69. The van der Waals surface area contributed by atoms with Gasteiger partial charge in [-0.2, -0.15) is 0 Å². The standard InChI is InChI=1S/C17H24N2O3/c20-16(11-18-17(21)15-6-3-9-22-15)19-14-8-7-12-4-1-2-5-13(12)10-14/h3,6,9,12-14H,1-2,4-5,7-8,10-11H2,(H,18,21)(H,19,20)/t12-,13-,14+/m0/s1. The van der Waals surface area contributed by atoms with E-state index in [2.05, 4.69) is 10.6 Å². The van der Waals surface area contributed by atoms with Crippen molar-refractivity contribution in [3.63, 3.8) is 0 Å². The zero-order chi connectivity index (χ0) is 15.4. The summed E-state index contributed by atoms with van der Waals surface area (Å²) in [5, 5.41) is 5.65. The van der Waals surface area contributed by atoms with Crippen LogP contribution < -0.4 is 10.6 Å². The van der Waals surface area contributed by atoms with Gasteiger partial charge in [0.25, 0.3) is 5.91 Å². The Hall–Kier alpha value is -1.78. The van der Waals surface area contributed by atoms with Crippen molar-refractivity contribution >= 4 is 11.8 Å². The van der Waals surface area contributed by atoms with Crippen LogP contribution in [0.25, 0.3) is 0 Å². The van der Waals surface area contributed by atoms with Gasteiger partial charge in [-0.1, -0.05) is 25.7 Å². The van der Waals surface area contributed by atoms with Crippen LogP contribution in [0.3, 0.4) is 0 Å². The van der Waals surface area contributed by atoms with Gasteiger partial charge in [0.1, 0.15) is 0 Å². The van der Waals surface area contributed by atoms with E-state index in [-0.39, 0.29) is 30.2 Å². The molecule has 0 unspecified atom stereocenters. The highest BCUT2D eigenvalue weighted by molar-refractivity contribution is 5.94. The SMILES string of the molecule is O=C(CNC(=O)c1ccco1)N[C@@H]1CC[C@@H]2CCCC[C@H]2C1. The molecular formula is C17H24N2O3. The van der Waals surface area contributed by atoms with Crippen LogP contribution in [-0.4, -0.2) is 24.4 Å². The minimum absolute atomic E-state index is 0.00410. The Bertz CT molecular complexity index is 512. The summed E-state index contributed by atoms with van der Waals surface area (Å²) in [7, 11) is 0. The number of nitrogens with one attached hydrogen (secondary N) is 2. The van der Waals surface area contributed by atoms with Crippen LogP contribution in [-0.2, 0) is 4.79 Å². The fourth-order valence-corrected chi connectivity index (χ4v) is 3.94. The molecule has 0 aromatic carbocycles. The van der Waals surface area contributed by atoms with Gasteiger partial charge in [-0.15, -0.1) is 0 Å². The fourth-order valence-electron chi connectivity index (χ4n) is 3.94. The lowest BCUT2D eigenvalue weighted by Gasteiger charge is -2.39. The van der Waals surface area contributed by atoms with E-state index in [1.54, 1.807) is 12.1 Å². The second kappa shape index (κ2) is 6.99. The Kier molecular flexibility index (Phi) is 4.80. The summed E-state index contributed by atoms with van der Waals surface area (Å²) in [5.74, 6) is 1.43. The Morgan fingerprint density at radius 2 is 1.95 bits per heavy atom. The number of hydrogen-bond acceptors (Lipinski definition) is 3. The molecule has 0 saturated heterocycles. The first-order chi connectivity index (χ1) is 10.7. The van der Waals surface area contributed by atoms with E-state index in [1.807, 2.05) is 0 Å². The monoisotopic (exact) mass is 304 g/mol. The summed E-state index contributed by atoms with van der Waals surface area (Å²) in [4.78, 5) is 23.7. The van der Waals surface area contributed by atoms with Crippen molar-refractivity contribution in [1.29, 1.82) is 0 Å². The molecule has 2 aliphatic rings. The van der Waals surface area contributed by atoms with Crippen LogP contribution in [0.15, 0.2) is 22.8 Å². The molecule has 2 N–H and O–H groups in total. The molecule has 3 atom stereocenters. The van der Waals surface area contributed by atoms with Gasteiger partial charge in [-0.05, 0) is 43.2 Å². The second-order valence-electron chi connectivity index (χ2n) is 6.54. The van der Waals surface area contributed by atoms with Crippen molar-refractivity contribution in [3.05, 3.63) is 24.2 Å². The van der Waals surface area contributed by atoms with Crippen molar-refractivity contribution in [2.24, 2.45) is 11.8 Å². The van der Waals surface area contributed by atoms with Crippen molar-refractivity contribution in [2.45, 2.75) is 51.0 Å². The van der Waals surface area contributed by atoms with Crippen LogP contribution in [0.5, 0.6) is 0 Å². The molecule has 2 amide bonds. The minimum Gasteiger partial charge on any atom is -0.459 e. The van der Waals surface area contributed by atoms with E-state index in [0.717, 1.165) is 24.7 Å². The average Bonchev–Trinajstić information content (AvgIpc) is 3.07. The molecule has 2 saturated carbocycles. The second-order valence-corrected chi connectivity index (χ2v) is 6.54. The summed E-state index contributed by atoms with van der Waals surface area (Å²) < 4.78 is 4.99. The highest BCUT2D eigenvalue weighted by Crippen LogP contribution is 2.40. The lowest BCUT2D eigenvalue weighted by molar-refractivity contribution is -0.121. The molecule has 1 heterocycles. The maximum Gasteiger partial charge on any atom is 0.287 e. The molecule has 2 fully saturated rings. The van der Waals surface area contributed by atoms with Gasteiger partial charge in [0.2, 0.25) is 5.91 Å². The molecule has 5 heteroatoms. The highest BCUT2D eigenvalue weighted by Gasteiger charge is 2.32. The van der Waals surface area contributed by atoms with Gasteiger partial charge in [-0.3, -0.25) is 9.59 Å². The van der Waals surface area contributed by atoms with Gasteiger partial charge < -0.3 is 15.1 Å². The quantitative estimate of drug-likeness (QED) is 0.897. The molecule has 0 radical (unpaired) electrons. The third-order valence-electron chi connectivity index (χ3n) is 5.06. The van der Waals surface area contributed by atoms with Gasteiger partial charge in [0, 0.05) is 6.04 Å². The third-order valence-corrected chi connectivity index (χ3v) is 5.06. The number of amides is 2. The van der Waals surface area contributed by atoms with Gasteiger partial charge in [0.05, 0.1) is 12.8 Å². The summed E-state index contributed by atoms with van der Waals surface area (Å²) in [6.45, 7) is 0.00410. The smallest absolute Gasteiger partial charge is 0.287 e. The molecule has 22 heavy (non-hydrogen) atoms. The zero-order valence-corrected chi connectivity index (χ0v) is 12.8. The molecule has 0 spiro atoms. The number of fused-ring (bicyclic) bond motifs is 1. The van der Waals surface area contributed by atoms with E-state index < -0.39 is 0 Å². The third kappa shape index (κ3) is 3.70. The average molecular weight is 304 g/mol. The van der Waals surface area contributed by atoms with Crippen molar-refractivity contribution < 1.29 is 14.0 Å². The van der Waals surface area contributed by atoms with Crippen molar-refractivity contribution in [2.75, 3.05) is 6.54 Å². The fraction of sp³-hybridized carbons (Fsp3) is 0.647. The summed E-state index contributed by atoms with van der Waals surface area (Å²) >= 11 is 0. The Morgan fingerprint density at radius 1 is 1.14 bits per heavy atom. The highest BCUT2D eigenvalue weighted by atomic mass is 16.3. The molecule has 1 aromatic rings. The first kappa shape index (κ1) is 15.1. The van der Waals surface area contributed by atoms with E-state index in [1.165, 1.54) is 38.4 Å². The van der Waals surface area contributed by atoms with Crippen LogP contribution in [0.2, 0.25) is 0 Å². The van der Waals surface area contributed by atoms with E-state index in [0.29, 0.717) is 0 Å². The molecule has 0 aliphatic heterocycles. The normalized spacial score (nSPS) is 27.7. The van der Waals surface area contributed by atoms with Crippen molar-refractivity contribution in [3.8, 4) is 0 Å². The predicted molar refractivity (Wildman–Crippen MR) is 82.3 cm³/mol. The number of carbonyl (C=O) groups is 2. The number of furan rings is 1. The molecule has 1 aromatic heterocycles. The van der Waals surface area contributed by atoms with Crippen molar-refractivity contribution in [1.82, 2.24) is 10.6 Å². The van der Waals surface area contributed by atoms with Gasteiger partial charge >= 0.3 is 0 Å². The van der Waals surface area contributed by atoms with Gasteiger partial charge in [-0.25, -0.2) is 0 Å². The summed E-state index contributed by atoms with van der Waals surface area (Å²) in [5.41, 5.74) is 0. The molecule has 2 aliphatic carbocycles. The summed E-state index contributed by atoms with van der Waals surface area (Å²) in [6, 6.07) is 3.50. The van der Waals surface area contributed by atoms with Gasteiger partial charge in [0.15, 0.2) is 5.76 Å². The Labute approximate surface area is 130 Å². The Morgan fingerprint density at radius 3 is 2.73 bits per heavy atom. The van der Waals surface area contributed by atoms with Crippen LogP contribution in [0.4, 0.5) is 0 Å². The number of rotatable bonds is 4. The minimum atomic E-state index is -0.351. The first-order valence-electron chi connectivity index (χ1n) is 8.33. The molecule has 0 bridgehead atoms. The molecule has 3 rings (SSSR count). The maximum atomic E-state index is 12.0. The first-order valence-corrected chi connectivity index (χ1v) is 8.33. The van der Waals surface area contributed by atoms with Crippen LogP contribution in [0.1, 0.15) is 55.5 Å². The predicted octanol–water partition coefficient (Wildman–Crippen LogP) is 2.48. The molecule has 120 valence electrons. The number of hydrogen-bond donors (Lipinski definition) is 2. The van der Waals surface area contributed by atoms with E-state index in [9.17, 15) is 9.59 Å². The lowest BCUT2D eigenvalue weighted by Crippen LogP contribution is -2.45.